The Morgan fingerprint density at radius 2 is 2.25 bits per heavy atom. The first-order valence-electron chi connectivity index (χ1n) is 2.33. The third kappa shape index (κ3) is 0.559. The van der Waals surface area contributed by atoms with Crippen LogP contribution >= 0.6 is 0 Å². The maximum Gasteiger partial charge on any atom is 0.256 e. The smallest absolute Gasteiger partial charge is 0.256 e. The van der Waals surface area contributed by atoms with Gasteiger partial charge in [-0.15, -0.1) is 0 Å². The summed E-state index contributed by atoms with van der Waals surface area (Å²) in [5, 5.41) is 0. The molecule has 0 bridgehead atoms. The number of nitrogens with zero attached hydrogens (tertiary/aromatic N) is 1. The van der Waals surface area contributed by atoms with Gasteiger partial charge in [0.15, 0.2) is 5.78 Å². The molecule has 42 valence electrons. The van der Waals surface area contributed by atoms with Crippen LogP contribution < -0.4 is 0 Å². The van der Waals surface area contributed by atoms with Crippen molar-refractivity contribution in [1.29, 1.82) is 0 Å². The molecule has 0 saturated carbocycles. The predicted octanol–water partition coefficient (Wildman–Crippen LogP) is -0.197. The maximum absolute atomic E-state index is 10.4. The summed E-state index contributed by atoms with van der Waals surface area (Å²) in [7, 11) is 0. The average Bonchev–Trinajstić information content (AvgIpc) is 1.98. The van der Waals surface area contributed by atoms with E-state index in [9.17, 15) is 9.59 Å². The fourth-order valence-electron chi connectivity index (χ4n) is 0.473. The molecule has 3 nitrogen and oxygen atoms in total. The van der Waals surface area contributed by atoms with E-state index in [4.69, 9.17) is 0 Å². The molecule has 0 spiro atoms. The summed E-state index contributed by atoms with van der Waals surface area (Å²) >= 11 is 0. The summed E-state index contributed by atoms with van der Waals surface area (Å²) < 4.78 is 0. The molecule has 0 aliphatic carbocycles. The van der Waals surface area contributed by atoms with E-state index in [0.29, 0.717) is 0 Å². The Hall–Kier alpha value is -0.990. The zero-order chi connectivity index (χ0) is 6.15. The Labute approximate surface area is 46.4 Å². The summed E-state index contributed by atoms with van der Waals surface area (Å²) in [5.41, 5.74) is 0. The van der Waals surface area contributed by atoms with E-state index in [2.05, 4.69) is 4.99 Å². The fraction of sp³-hybridized carbons (Fsp3) is 0.400. The van der Waals surface area contributed by atoms with Gasteiger partial charge in [0, 0.05) is 0 Å². The van der Waals surface area contributed by atoms with Gasteiger partial charge in [0.05, 0.1) is 6.21 Å². The average molecular weight is 111 g/mol. The van der Waals surface area contributed by atoms with Crippen molar-refractivity contribution in [1.82, 2.24) is 0 Å². The quantitative estimate of drug-likeness (QED) is 0.406. The van der Waals surface area contributed by atoms with E-state index in [1.807, 2.05) is 0 Å². The van der Waals surface area contributed by atoms with Crippen LogP contribution in [-0.2, 0) is 9.59 Å². The van der Waals surface area contributed by atoms with E-state index in [0.717, 1.165) is 6.21 Å². The SMILES string of the molecule is C[C@H]1C(=O)C=NC1=O. The first-order chi connectivity index (χ1) is 3.72. The van der Waals surface area contributed by atoms with Crippen molar-refractivity contribution in [2.24, 2.45) is 10.9 Å². The minimum absolute atomic E-state index is 0.185. The largest absolute Gasteiger partial charge is 0.292 e. The molecule has 0 radical (unpaired) electrons. The minimum atomic E-state index is -0.519. The molecule has 1 aliphatic rings. The molecule has 0 N–H and O–H groups in total. The van der Waals surface area contributed by atoms with Crippen molar-refractivity contribution in [2.45, 2.75) is 6.92 Å². The Kier molecular flexibility index (Phi) is 0.970. The van der Waals surface area contributed by atoms with E-state index < -0.39 is 5.92 Å². The van der Waals surface area contributed by atoms with Gasteiger partial charge in [0.2, 0.25) is 0 Å². The van der Waals surface area contributed by atoms with Crippen molar-refractivity contribution in [3.63, 3.8) is 0 Å². The molecule has 0 aromatic heterocycles. The summed E-state index contributed by atoms with van der Waals surface area (Å²) in [6.07, 6.45) is 1.08. The van der Waals surface area contributed by atoms with Gasteiger partial charge in [-0.25, -0.2) is 4.99 Å². The van der Waals surface area contributed by atoms with Crippen LogP contribution in [0.4, 0.5) is 0 Å². The van der Waals surface area contributed by atoms with Crippen LogP contribution in [0.1, 0.15) is 6.92 Å². The van der Waals surface area contributed by atoms with E-state index in [1.165, 1.54) is 0 Å². The fourth-order valence-corrected chi connectivity index (χ4v) is 0.473. The molecule has 1 heterocycles. The number of ketones is 1. The Balaban J connectivity index is 2.84. The molecular formula is C5H5NO2. The molecule has 8 heavy (non-hydrogen) atoms. The number of hydrogen-bond acceptors (Lipinski definition) is 2. The van der Waals surface area contributed by atoms with Crippen molar-refractivity contribution in [2.75, 3.05) is 0 Å². The lowest BCUT2D eigenvalue weighted by molar-refractivity contribution is -0.125. The molecule has 1 amide bonds. The second-order valence-corrected chi connectivity index (χ2v) is 1.72. The zero-order valence-electron chi connectivity index (χ0n) is 4.42. The summed E-state index contributed by atoms with van der Waals surface area (Å²) in [6, 6.07) is 0. The van der Waals surface area contributed by atoms with Gasteiger partial charge in [-0.2, -0.15) is 0 Å². The maximum atomic E-state index is 10.4. The van der Waals surface area contributed by atoms with Crippen molar-refractivity contribution >= 4 is 17.9 Å². The Morgan fingerprint density at radius 1 is 1.62 bits per heavy atom. The number of carbonyl (C=O) groups excluding carboxylic acids is 2. The van der Waals surface area contributed by atoms with E-state index >= 15 is 0 Å². The van der Waals surface area contributed by atoms with E-state index in [1.54, 1.807) is 6.92 Å². The topological polar surface area (TPSA) is 46.5 Å². The van der Waals surface area contributed by atoms with Crippen LogP contribution in [0, 0.1) is 5.92 Å². The monoisotopic (exact) mass is 111 g/mol. The second-order valence-electron chi connectivity index (χ2n) is 1.72. The van der Waals surface area contributed by atoms with Gasteiger partial charge < -0.3 is 0 Å². The summed E-state index contributed by atoms with van der Waals surface area (Å²) in [4.78, 5) is 24.1. The van der Waals surface area contributed by atoms with Crippen LogP contribution in [-0.4, -0.2) is 17.9 Å². The van der Waals surface area contributed by atoms with Gasteiger partial charge in [-0.05, 0) is 6.92 Å². The second kappa shape index (κ2) is 1.51. The molecule has 0 aromatic carbocycles. The number of hydrogen-bond donors (Lipinski definition) is 0. The number of Topliss-reactive ketones (excluding diaryl/α,β-unsaturated/α-hetero) is 1. The third-order valence-corrected chi connectivity index (χ3v) is 1.12. The van der Waals surface area contributed by atoms with Crippen molar-refractivity contribution in [3.8, 4) is 0 Å². The van der Waals surface area contributed by atoms with Crippen LogP contribution in [0.3, 0.4) is 0 Å². The van der Waals surface area contributed by atoms with Gasteiger partial charge in [-0.3, -0.25) is 9.59 Å². The van der Waals surface area contributed by atoms with Crippen LogP contribution in [0.5, 0.6) is 0 Å². The molecule has 0 aromatic rings. The van der Waals surface area contributed by atoms with Crippen LogP contribution in [0.25, 0.3) is 0 Å². The molecular weight excluding hydrogens is 106 g/mol. The van der Waals surface area contributed by atoms with Gasteiger partial charge in [0.25, 0.3) is 5.91 Å². The van der Waals surface area contributed by atoms with Crippen molar-refractivity contribution < 1.29 is 9.59 Å². The van der Waals surface area contributed by atoms with Gasteiger partial charge >= 0.3 is 0 Å². The zero-order valence-corrected chi connectivity index (χ0v) is 4.42. The highest BCUT2D eigenvalue weighted by molar-refractivity contribution is 6.39. The number of aliphatic imine (C=N–C) groups is 1. The molecule has 1 atom stereocenters. The molecule has 1 aliphatic heterocycles. The number of rotatable bonds is 0. The number of amides is 1. The third-order valence-electron chi connectivity index (χ3n) is 1.12. The Morgan fingerprint density at radius 3 is 2.38 bits per heavy atom. The lowest BCUT2D eigenvalue weighted by Crippen LogP contribution is -2.11. The number of carbonyl (C=O) groups is 2. The molecule has 0 saturated heterocycles. The summed E-state index contributed by atoms with van der Waals surface area (Å²) in [5.74, 6) is -1.03. The van der Waals surface area contributed by atoms with E-state index in [-0.39, 0.29) is 11.7 Å². The molecule has 3 heteroatoms. The molecule has 0 fully saturated rings. The lowest BCUT2D eigenvalue weighted by atomic mass is 10.1. The minimum Gasteiger partial charge on any atom is -0.292 e. The van der Waals surface area contributed by atoms with Crippen LogP contribution in [0.2, 0.25) is 0 Å². The van der Waals surface area contributed by atoms with Gasteiger partial charge in [-0.1, -0.05) is 0 Å². The van der Waals surface area contributed by atoms with Gasteiger partial charge in [0.1, 0.15) is 5.92 Å². The summed E-state index contributed by atoms with van der Waals surface area (Å²) in [6.45, 7) is 1.55. The highest BCUT2D eigenvalue weighted by atomic mass is 16.2. The first-order valence-corrected chi connectivity index (χ1v) is 2.33. The predicted molar refractivity (Wildman–Crippen MR) is 27.7 cm³/mol. The first kappa shape index (κ1) is 5.15. The molecule has 1 rings (SSSR count). The standard InChI is InChI=1S/C5H5NO2/c1-3-4(7)2-6-5(3)8/h2-3H,1H3/t3-/m0/s1. The highest BCUT2D eigenvalue weighted by Crippen LogP contribution is 2.03. The van der Waals surface area contributed by atoms with Crippen LogP contribution in [0.15, 0.2) is 4.99 Å². The highest BCUT2D eigenvalue weighted by Gasteiger charge is 2.24. The van der Waals surface area contributed by atoms with Crippen molar-refractivity contribution in [3.05, 3.63) is 0 Å². The molecule has 0 unspecified atom stereocenters. The Bertz CT molecular complexity index is 153. The normalized spacial score (nSPS) is 27.4. The lowest BCUT2D eigenvalue weighted by Gasteiger charge is -1.88.